The van der Waals surface area contributed by atoms with Gasteiger partial charge in [0.15, 0.2) is 14.7 Å². The lowest BCUT2D eigenvalue weighted by Crippen LogP contribution is -2.10. The Bertz CT molecular complexity index is 797. The normalized spacial score (nSPS) is 13.4. The highest BCUT2D eigenvalue weighted by Crippen LogP contribution is 2.47. The Labute approximate surface area is 150 Å². The summed E-state index contributed by atoms with van der Waals surface area (Å²) < 4.78 is 0. The van der Waals surface area contributed by atoms with Gasteiger partial charge in [0.05, 0.1) is 9.79 Å². The van der Waals surface area contributed by atoms with E-state index in [1.165, 1.54) is 30.0 Å². The average Bonchev–Trinajstić information content (AvgIpc) is 2.65. The number of aliphatic hydroxyl groups is 1. The summed E-state index contributed by atoms with van der Waals surface area (Å²) in [6.07, 6.45) is 1.76. The fraction of sp³-hybridized carbons (Fsp3) is 0.143. The van der Waals surface area contributed by atoms with Gasteiger partial charge in [0.1, 0.15) is 10.9 Å². The molecule has 24 heavy (non-hydrogen) atoms. The maximum atomic E-state index is 9.00. The van der Waals surface area contributed by atoms with Crippen molar-refractivity contribution in [1.29, 1.82) is 0 Å². The van der Waals surface area contributed by atoms with E-state index in [1.54, 1.807) is 0 Å². The van der Waals surface area contributed by atoms with Crippen LogP contribution in [0.4, 0.5) is 0 Å². The molecule has 0 aromatic heterocycles. The standard InChI is InChI=1S/C21H19OS2/c22-15-5-6-16-11-13-17(14-12-16)24-20-9-3-1-7-18(20)23-19-8-2-4-10-21(19)24/h1-4,7-14,22H,5-6,15H2/q+1. The van der Waals surface area contributed by atoms with Crippen molar-refractivity contribution >= 4 is 22.7 Å². The minimum absolute atomic E-state index is 0.0421. The topological polar surface area (TPSA) is 20.2 Å². The highest BCUT2D eigenvalue weighted by atomic mass is 32.2. The fourth-order valence-electron chi connectivity index (χ4n) is 2.97. The number of rotatable bonds is 4. The summed E-state index contributed by atoms with van der Waals surface area (Å²) in [4.78, 5) is 6.93. The Balaban J connectivity index is 1.77. The van der Waals surface area contributed by atoms with Crippen LogP contribution in [0.3, 0.4) is 0 Å². The lowest BCUT2D eigenvalue weighted by Gasteiger charge is -2.18. The van der Waals surface area contributed by atoms with Crippen molar-refractivity contribution in [2.24, 2.45) is 0 Å². The van der Waals surface area contributed by atoms with Gasteiger partial charge in [0.2, 0.25) is 0 Å². The molecule has 0 spiro atoms. The molecule has 1 heterocycles. The molecule has 1 nitrogen and oxygen atoms in total. The molecule has 0 radical (unpaired) electrons. The highest BCUT2D eigenvalue weighted by molar-refractivity contribution is 8.04. The zero-order valence-corrected chi connectivity index (χ0v) is 14.9. The van der Waals surface area contributed by atoms with E-state index in [4.69, 9.17) is 5.11 Å². The van der Waals surface area contributed by atoms with Crippen LogP contribution < -0.4 is 0 Å². The van der Waals surface area contributed by atoms with Crippen molar-refractivity contribution in [2.75, 3.05) is 6.61 Å². The monoisotopic (exact) mass is 351 g/mol. The molecule has 0 aliphatic carbocycles. The zero-order chi connectivity index (χ0) is 16.4. The quantitative estimate of drug-likeness (QED) is 0.512. The predicted octanol–water partition coefficient (Wildman–Crippen LogP) is 5.17. The van der Waals surface area contributed by atoms with Gasteiger partial charge in [-0.1, -0.05) is 48.2 Å². The summed E-state index contributed by atoms with van der Waals surface area (Å²) in [7, 11) is -0.0421. The predicted molar refractivity (Wildman–Crippen MR) is 101 cm³/mol. The Morgan fingerprint density at radius 3 is 1.92 bits per heavy atom. The second-order valence-corrected chi connectivity index (χ2v) is 8.82. The first kappa shape index (κ1) is 15.8. The molecule has 4 rings (SSSR count). The van der Waals surface area contributed by atoms with Crippen molar-refractivity contribution in [3.63, 3.8) is 0 Å². The molecule has 0 saturated heterocycles. The van der Waals surface area contributed by atoms with Gasteiger partial charge >= 0.3 is 0 Å². The number of benzene rings is 3. The van der Waals surface area contributed by atoms with E-state index in [1.807, 2.05) is 11.8 Å². The van der Waals surface area contributed by atoms with E-state index < -0.39 is 0 Å². The Morgan fingerprint density at radius 2 is 1.33 bits per heavy atom. The van der Waals surface area contributed by atoms with E-state index in [0.29, 0.717) is 0 Å². The summed E-state index contributed by atoms with van der Waals surface area (Å²) in [5, 5.41) is 9.00. The largest absolute Gasteiger partial charge is 0.396 e. The molecule has 0 unspecified atom stereocenters. The maximum Gasteiger partial charge on any atom is 0.180 e. The summed E-state index contributed by atoms with van der Waals surface area (Å²) >= 11 is 1.87. The molecule has 120 valence electrons. The van der Waals surface area contributed by atoms with Crippen LogP contribution in [-0.2, 0) is 17.3 Å². The summed E-state index contributed by atoms with van der Waals surface area (Å²) in [6, 6.07) is 26.5. The Kier molecular flexibility index (Phi) is 4.65. The van der Waals surface area contributed by atoms with Crippen molar-refractivity contribution in [1.82, 2.24) is 0 Å². The van der Waals surface area contributed by atoms with Crippen molar-refractivity contribution in [3.05, 3.63) is 78.4 Å². The van der Waals surface area contributed by atoms with E-state index in [9.17, 15) is 0 Å². The van der Waals surface area contributed by atoms with Gasteiger partial charge in [0.25, 0.3) is 0 Å². The number of aryl methyl sites for hydroxylation is 1. The summed E-state index contributed by atoms with van der Waals surface area (Å²) in [5.74, 6) is 0. The van der Waals surface area contributed by atoms with Crippen LogP contribution in [-0.4, -0.2) is 11.7 Å². The molecule has 0 bridgehead atoms. The van der Waals surface area contributed by atoms with Gasteiger partial charge in [-0.25, -0.2) is 0 Å². The van der Waals surface area contributed by atoms with Crippen LogP contribution in [0.1, 0.15) is 12.0 Å². The van der Waals surface area contributed by atoms with Crippen LogP contribution in [0.2, 0.25) is 0 Å². The van der Waals surface area contributed by atoms with Crippen LogP contribution in [0.5, 0.6) is 0 Å². The lowest BCUT2D eigenvalue weighted by atomic mass is 10.1. The molecule has 0 fully saturated rings. The average molecular weight is 352 g/mol. The van der Waals surface area contributed by atoms with Gasteiger partial charge in [-0.05, 0) is 54.8 Å². The maximum absolute atomic E-state index is 9.00. The first-order chi connectivity index (χ1) is 11.9. The third-order valence-corrected chi connectivity index (χ3v) is 7.89. The SMILES string of the molecule is OCCCc1ccc([S+]2c3ccccc3Sc3ccccc32)cc1. The first-order valence-corrected chi connectivity index (χ1v) is 10.2. The highest BCUT2D eigenvalue weighted by Gasteiger charge is 2.37. The Morgan fingerprint density at radius 1 is 0.750 bits per heavy atom. The zero-order valence-electron chi connectivity index (χ0n) is 13.3. The van der Waals surface area contributed by atoms with Gasteiger partial charge in [0, 0.05) is 6.61 Å². The number of hydrogen-bond donors (Lipinski definition) is 1. The smallest absolute Gasteiger partial charge is 0.180 e. The van der Waals surface area contributed by atoms with Crippen LogP contribution >= 0.6 is 11.8 Å². The van der Waals surface area contributed by atoms with Gasteiger partial charge < -0.3 is 5.11 Å². The van der Waals surface area contributed by atoms with Gasteiger partial charge in [-0.2, -0.15) is 0 Å². The summed E-state index contributed by atoms with van der Waals surface area (Å²) in [6.45, 7) is 0.254. The van der Waals surface area contributed by atoms with E-state index >= 15 is 0 Å². The molecule has 0 atom stereocenters. The molecule has 3 aromatic rings. The molecule has 1 aliphatic rings. The van der Waals surface area contributed by atoms with Crippen molar-refractivity contribution in [2.45, 2.75) is 37.3 Å². The molecule has 0 amide bonds. The minimum atomic E-state index is -0.0421. The Hall–Kier alpha value is -1.68. The molecule has 3 heteroatoms. The van der Waals surface area contributed by atoms with Crippen LogP contribution in [0.15, 0.2) is 97.3 Å². The number of fused-ring (bicyclic) bond motifs is 2. The third kappa shape index (κ3) is 3.00. The molecule has 3 aromatic carbocycles. The third-order valence-electron chi connectivity index (χ3n) is 4.14. The van der Waals surface area contributed by atoms with Gasteiger partial charge in [-0.15, -0.1) is 0 Å². The second kappa shape index (κ2) is 7.06. The number of hydrogen-bond acceptors (Lipinski definition) is 2. The molecule has 1 N–H and O–H groups in total. The number of aliphatic hydroxyl groups excluding tert-OH is 1. The molecule has 1 aliphatic heterocycles. The lowest BCUT2D eigenvalue weighted by molar-refractivity contribution is 0.288. The molecular weight excluding hydrogens is 332 g/mol. The van der Waals surface area contributed by atoms with Gasteiger partial charge in [-0.3, -0.25) is 0 Å². The summed E-state index contributed by atoms with van der Waals surface area (Å²) in [5.41, 5.74) is 1.30. The first-order valence-electron chi connectivity index (χ1n) is 8.17. The van der Waals surface area contributed by atoms with Crippen LogP contribution in [0, 0.1) is 0 Å². The fourth-order valence-corrected chi connectivity index (χ4v) is 6.71. The molecule has 0 saturated carbocycles. The minimum Gasteiger partial charge on any atom is -0.396 e. The second-order valence-electron chi connectivity index (χ2n) is 5.77. The van der Waals surface area contributed by atoms with E-state index in [2.05, 4.69) is 72.8 Å². The van der Waals surface area contributed by atoms with Crippen molar-refractivity contribution in [3.8, 4) is 0 Å². The van der Waals surface area contributed by atoms with Crippen LogP contribution in [0.25, 0.3) is 0 Å². The van der Waals surface area contributed by atoms with E-state index in [-0.39, 0.29) is 17.5 Å². The van der Waals surface area contributed by atoms with Crippen molar-refractivity contribution < 1.29 is 5.11 Å². The van der Waals surface area contributed by atoms with E-state index in [0.717, 1.165) is 12.8 Å². The molecular formula is C21H19OS2+.